The molecule has 0 aliphatic carbocycles. The van der Waals surface area contributed by atoms with E-state index in [0.29, 0.717) is 28.9 Å². The zero-order valence-electron chi connectivity index (χ0n) is 14.8. The third-order valence-electron chi connectivity index (χ3n) is 5.23. The Balaban J connectivity index is 1.53. The van der Waals surface area contributed by atoms with E-state index in [1.807, 2.05) is 22.8 Å². The van der Waals surface area contributed by atoms with Crippen LogP contribution in [0.4, 0.5) is 0 Å². The third kappa shape index (κ3) is 2.91. The number of amidine groups is 1. The van der Waals surface area contributed by atoms with Crippen LogP contribution in [-0.4, -0.2) is 46.8 Å². The molecule has 3 aliphatic heterocycles. The lowest BCUT2D eigenvalue weighted by atomic mass is 10.00. The molecule has 0 radical (unpaired) electrons. The maximum absolute atomic E-state index is 13.0. The minimum atomic E-state index is -0.270. The first-order chi connectivity index (χ1) is 13.2. The van der Waals surface area contributed by atoms with Gasteiger partial charge in [-0.25, -0.2) is 0 Å². The molecule has 5 rings (SSSR count). The number of ether oxygens (including phenoxy) is 1. The van der Waals surface area contributed by atoms with E-state index in [0.717, 1.165) is 43.4 Å². The highest BCUT2D eigenvalue weighted by atomic mass is 32.2. The predicted octanol–water partition coefficient (Wildman–Crippen LogP) is 2.25. The second-order valence-corrected chi connectivity index (χ2v) is 7.93. The van der Waals surface area contributed by atoms with Gasteiger partial charge < -0.3 is 14.2 Å². The van der Waals surface area contributed by atoms with Gasteiger partial charge in [0, 0.05) is 25.2 Å². The zero-order valence-corrected chi connectivity index (χ0v) is 15.6. The highest BCUT2D eigenvalue weighted by Crippen LogP contribution is 2.31. The predicted molar refractivity (Wildman–Crippen MR) is 107 cm³/mol. The van der Waals surface area contributed by atoms with Crippen LogP contribution in [0.1, 0.15) is 17.5 Å². The maximum atomic E-state index is 13.0. The van der Waals surface area contributed by atoms with Gasteiger partial charge in [0.2, 0.25) is 0 Å². The average molecular weight is 381 g/mol. The Kier molecular flexibility index (Phi) is 4.13. The van der Waals surface area contributed by atoms with Crippen molar-refractivity contribution in [3.05, 3.63) is 50.7 Å². The van der Waals surface area contributed by atoms with Crippen molar-refractivity contribution < 1.29 is 9.53 Å². The molecule has 6 nitrogen and oxygen atoms in total. The lowest BCUT2D eigenvalue weighted by Crippen LogP contribution is -2.38. The molecule has 0 N–H and O–H groups in total. The van der Waals surface area contributed by atoms with Crippen molar-refractivity contribution >= 4 is 39.8 Å². The monoisotopic (exact) mass is 381 g/mol. The Morgan fingerprint density at radius 3 is 2.85 bits per heavy atom. The molecule has 1 aromatic carbocycles. The number of benzene rings is 1. The molecule has 2 aromatic rings. The number of nitrogens with zero attached hydrogens (tertiary/aromatic N) is 3. The summed E-state index contributed by atoms with van der Waals surface area (Å²) in [6, 6.07) is 8.05. The molecule has 0 unspecified atom stereocenters. The van der Waals surface area contributed by atoms with Gasteiger partial charge >= 0.3 is 0 Å². The third-order valence-corrected chi connectivity index (χ3v) is 6.27. The van der Waals surface area contributed by atoms with E-state index in [4.69, 9.17) is 4.74 Å². The van der Waals surface area contributed by atoms with Crippen molar-refractivity contribution in [1.82, 2.24) is 9.47 Å². The van der Waals surface area contributed by atoms with Crippen LogP contribution in [0.2, 0.25) is 0 Å². The number of aliphatic imine (C=N–C) groups is 1. The van der Waals surface area contributed by atoms with E-state index >= 15 is 0 Å². The first-order valence-corrected chi connectivity index (χ1v) is 10.0. The van der Waals surface area contributed by atoms with Crippen LogP contribution in [0.25, 0.3) is 17.0 Å². The molecule has 0 atom stereocenters. The van der Waals surface area contributed by atoms with E-state index in [1.165, 1.54) is 17.3 Å². The van der Waals surface area contributed by atoms with Crippen LogP contribution in [0, 0.1) is 0 Å². The van der Waals surface area contributed by atoms with Gasteiger partial charge in [-0.3, -0.25) is 9.59 Å². The van der Waals surface area contributed by atoms with Gasteiger partial charge in [-0.2, -0.15) is 4.99 Å². The van der Waals surface area contributed by atoms with Crippen LogP contribution in [0.3, 0.4) is 0 Å². The molecule has 0 bridgehead atoms. The van der Waals surface area contributed by atoms with Crippen LogP contribution >= 0.6 is 11.8 Å². The number of aromatic nitrogens is 1. The number of morpholine rings is 1. The topological polar surface area (TPSA) is 63.9 Å². The van der Waals surface area contributed by atoms with Crippen molar-refractivity contribution in [1.29, 1.82) is 0 Å². The van der Waals surface area contributed by atoms with E-state index in [2.05, 4.69) is 16.0 Å². The lowest BCUT2D eigenvalue weighted by Gasteiger charge is -2.27. The summed E-state index contributed by atoms with van der Waals surface area (Å²) in [7, 11) is 0. The minimum absolute atomic E-state index is 0.0321. The maximum Gasteiger partial charge on any atom is 0.286 e. The molecule has 4 heterocycles. The Morgan fingerprint density at radius 1 is 1.15 bits per heavy atom. The number of para-hydroxylation sites is 1. The summed E-state index contributed by atoms with van der Waals surface area (Å²) in [6.45, 7) is 3.48. The van der Waals surface area contributed by atoms with Gasteiger partial charge in [-0.05, 0) is 47.7 Å². The highest BCUT2D eigenvalue weighted by molar-refractivity contribution is 8.18. The number of thioether (sulfide) groups is 1. The van der Waals surface area contributed by atoms with Crippen molar-refractivity contribution in [2.45, 2.75) is 19.4 Å². The molecule has 3 aliphatic rings. The van der Waals surface area contributed by atoms with Gasteiger partial charge in [0.15, 0.2) is 5.17 Å². The van der Waals surface area contributed by atoms with Gasteiger partial charge in [0.05, 0.1) is 23.6 Å². The first-order valence-electron chi connectivity index (χ1n) is 9.21. The SMILES string of the molecule is O=C1N=C(N2CCOCC2)S/C1=C\c1cc2cccc3c2n(c1=O)CCC3. The quantitative estimate of drug-likeness (QED) is 0.709. The van der Waals surface area contributed by atoms with Gasteiger partial charge in [0.1, 0.15) is 0 Å². The smallest absolute Gasteiger partial charge is 0.286 e. The molecule has 1 amide bonds. The molecule has 27 heavy (non-hydrogen) atoms. The fraction of sp³-hybridized carbons (Fsp3) is 0.350. The second kappa shape index (κ2) is 6.65. The van der Waals surface area contributed by atoms with E-state index in [-0.39, 0.29) is 11.5 Å². The lowest BCUT2D eigenvalue weighted by molar-refractivity contribution is -0.113. The van der Waals surface area contributed by atoms with Crippen molar-refractivity contribution in [2.75, 3.05) is 26.3 Å². The van der Waals surface area contributed by atoms with Crippen molar-refractivity contribution in [3.63, 3.8) is 0 Å². The molecular formula is C20H19N3O3S. The molecular weight excluding hydrogens is 362 g/mol. The van der Waals surface area contributed by atoms with Crippen LogP contribution in [-0.2, 0) is 22.5 Å². The molecule has 0 saturated carbocycles. The Morgan fingerprint density at radius 2 is 2.00 bits per heavy atom. The zero-order chi connectivity index (χ0) is 18.4. The van der Waals surface area contributed by atoms with Crippen LogP contribution < -0.4 is 5.56 Å². The number of carbonyl (C=O) groups is 1. The first kappa shape index (κ1) is 16.8. The molecule has 1 saturated heterocycles. The second-order valence-electron chi connectivity index (χ2n) is 6.92. The number of hydrogen-bond donors (Lipinski definition) is 0. The summed E-state index contributed by atoms with van der Waals surface area (Å²) in [5.41, 5.74) is 2.78. The standard InChI is InChI=1S/C20H19N3O3S/c24-18-16(27-20(21-18)22-7-9-26-10-8-22)12-15-11-14-4-1-3-13-5-2-6-23(17(13)14)19(15)25/h1,3-4,11-12H,2,5-10H2/b16-12-. The van der Waals surface area contributed by atoms with Gasteiger partial charge in [0.25, 0.3) is 11.5 Å². The fourth-order valence-corrected chi connectivity index (χ4v) is 4.87. The number of rotatable bonds is 1. The number of pyridine rings is 1. The van der Waals surface area contributed by atoms with Crippen molar-refractivity contribution in [3.8, 4) is 0 Å². The summed E-state index contributed by atoms with van der Waals surface area (Å²) in [5, 5.41) is 1.75. The van der Waals surface area contributed by atoms with Gasteiger partial charge in [-0.15, -0.1) is 0 Å². The summed E-state index contributed by atoms with van der Waals surface area (Å²) in [4.78, 5) is 32.2. The minimum Gasteiger partial charge on any atom is -0.378 e. The van der Waals surface area contributed by atoms with E-state index in [9.17, 15) is 9.59 Å². The molecule has 1 fully saturated rings. The largest absolute Gasteiger partial charge is 0.378 e. The highest BCUT2D eigenvalue weighted by Gasteiger charge is 2.27. The Bertz CT molecular complexity index is 1060. The Labute approximate surface area is 160 Å². The van der Waals surface area contributed by atoms with Crippen molar-refractivity contribution in [2.24, 2.45) is 4.99 Å². The fourth-order valence-electron chi connectivity index (χ4n) is 3.92. The number of amides is 1. The summed E-state index contributed by atoms with van der Waals surface area (Å²) >= 11 is 1.35. The summed E-state index contributed by atoms with van der Waals surface area (Å²) in [5.74, 6) is -0.270. The van der Waals surface area contributed by atoms with Crippen LogP contribution in [0.5, 0.6) is 0 Å². The number of aryl methyl sites for hydroxylation is 2. The normalized spacial score (nSPS) is 21.2. The Hall–Kier alpha value is -2.38. The van der Waals surface area contributed by atoms with Crippen LogP contribution in [0.15, 0.2) is 39.0 Å². The molecule has 7 heteroatoms. The summed E-state index contributed by atoms with van der Waals surface area (Å²) < 4.78 is 7.21. The number of carbonyl (C=O) groups excluding carboxylic acids is 1. The van der Waals surface area contributed by atoms with E-state index in [1.54, 1.807) is 6.08 Å². The van der Waals surface area contributed by atoms with E-state index < -0.39 is 0 Å². The molecule has 138 valence electrons. The summed E-state index contributed by atoms with van der Waals surface area (Å²) in [6.07, 6.45) is 3.67. The molecule has 1 aromatic heterocycles. The average Bonchev–Trinajstić information content (AvgIpc) is 3.07. The number of hydrogen-bond acceptors (Lipinski definition) is 5. The van der Waals surface area contributed by atoms with Gasteiger partial charge in [-0.1, -0.05) is 18.2 Å². The molecule has 0 spiro atoms.